The number of aliphatic hydroxyl groups is 1. The molecule has 2 atom stereocenters. The maximum Gasteiger partial charge on any atom is 0.315 e. The molecule has 5 heteroatoms. The number of rotatable bonds is 7. The molecule has 2 saturated carbocycles. The van der Waals surface area contributed by atoms with Gasteiger partial charge in [-0.15, -0.1) is 0 Å². The van der Waals surface area contributed by atoms with Gasteiger partial charge in [0.2, 0.25) is 0 Å². The van der Waals surface area contributed by atoms with Gasteiger partial charge < -0.3 is 20.5 Å². The SMILES string of the molecule is O=C(NCCOCC1CC1)NC1CCCCCC1CO. The Morgan fingerprint density at radius 1 is 1.15 bits per heavy atom. The van der Waals surface area contributed by atoms with Crippen LogP contribution >= 0.6 is 0 Å². The van der Waals surface area contributed by atoms with Gasteiger partial charge in [-0.3, -0.25) is 0 Å². The highest BCUT2D eigenvalue weighted by atomic mass is 16.5. The number of ether oxygens (including phenoxy) is 1. The highest BCUT2D eigenvalue weighted by molar-refractivity contribution is 5.74. The van der Waals surface area contributed by atoms with Crippen LogP contribution in [0.2, 0.25) is 0 Å². The number of carbonyl (C=O) groups is 1. The maximum absolute atomic E-state index is 11.8. The number of amides is 2. The predicted octanol–water partition coefficient (Wildman–Crippen LogP) is 1.65. The summed E-state index contributed by atoms with van der Waals surface area (Å²) < 4.78 is 5.48. The van der Waals surface area contributed by atoms with Crippen molar-refractivity contribution >= 4 is 6.03 Å². The average Bonchev–Trinajstić information content (AvgIpc) is 3.26. The van der Waals surface area contributed by atoms with E-state index in [2.05, 4.69) is 10.6 Å². The lowest BCUT2D eigenvalue weighted by Gasteiger charge is -2.24. The Morgan fingerprint density at radius 2 is 1.95 bits per heavy atom. The Balaban J connectivity index is 1.58. The van der Waals surface area contributed by atoms with Gasteiger partial charge in [-0.2, -0.15) is 0 Å². The van der Waals surface area contributed by atoms with Crippen LogP contribution in [0.25, 0.3) is 0 Å². The highest BCUT2D eigenvalue weighted by Crippen LogP contribution is 2.28. The summed E-state index contributed by atoms with van der Waals surface area (Å²) in [7, 11) is 0. The molecule has 0 bridgehead atoms. The minimum absolute atomic E-state index is 0.106. The minimum Gasteiger partial charge on any atom is -0.396 e. The van der Waals surface area contributed by atoms with Crippen LogP contribution in [-0.2, 0) is 4.74 Å². The zero-order valence-electron chi connectivity index (χ0n) is 12.3. The first-order chi connectivity index (χ1) is 9.79. The van der Waals surface area contributed by atoms with E-state index in [4.69, 9.17) is 4.74 Å². The van der Waals surface area contributed by atoms with Crippen molar-refractivity contribution < 1.29 is 14.6 Å². The Hall–Kier alpha value is -0.810. The van der Waals surface area contributed by atoms with Crippen LogP contribution in [0.3, 0.4) is 0 Å². The van der Waals surface area contributed by atoms with E-state index in [0.717, 1.165) is 38.2 Å². The standard InChI is InChI=1S/C15H28N2O3/c18-10-13-4-2-1-3-5-14(13)17-15(19)16-8-9-20-11-12-6-7-12/h12-14,18H,1-11H2,(H2,16,17,19). The highest BCUT2D eigenvalue weighted by Gasteiger charge is 2.24. The number of urea groups is 1. The van der Waals surface area contributed by atoms with E-state index in [9.17, 15) is 9.90 Å². The lowest BCUT2D eigenvalue weighted by molar-refractivity contribution is 0.126. The molecule has 0 aromatic rings. The van der Waals surface area contributed by atoms with E-state index in [-0.39, 0.29) is 24.6 Å². The molecule has 2 amide bonds. The van der Waals surface area contributed by atoms with Crippen molar-refractivity contribution in [2.24, 2.45) is 11.8 Å². The second kappa shape index (κ2) is 8.47. The molecule has 0 aromatic heterocycles. The molecule has 2 fully saturated rings. The van der Waals surface area contributed by atoms with Crippen molar-refractivity contribution in [1.29, 1.82) is 0 Å². The number of carbonyl (C=O) groups excluding carboxylic acids is 1. The molecule has 2 rings (SSSR count). The molecule has 0 spiro atoms. The lowest BCUT2D eigenvalue weighted by atomic mass is 9.96. The first-order valence-electron chi connectivity index (χ1n) is 8.02. The summed E-state index contributed by atoms with van der Waals surface area (Å²) in [5, 5.41) is 15.3. The summed E-state index contributed by atoms with van der Waals surface area (Å²) in [6.07, 6.45) is 8.04. The molecule has 5 nitrogen and oxygen atoms in total. The van der Waals surface area contributed by atoms with E-state index >= 15 is 0 Å². The molecule has 2 aliphatic carbocycles. The summed E-state index contributed by atoms with van der Waals surface area (Å²) in [6.45, 7) is 2.13. The molecule has 0 saturated heterocycles. The summed E-state index contributed by atoms with van der Waals surface area (Å²) in [4.78, 5) is 11.8. The van der Waals surface area contributed by atoms with Gasteiger partial charge in [-0.1, -0.05) is 19.3 Å². The molecular formula is C15H28N2O3. The summed E-state index contributed by atoms with van der Waals surface area (Å²) in [5.74, 6) is 0.967. The van der Waals surface area contributed by atoms with Gasteiger partial charge >= 0.3 is 6.03 Å². The van der Waals surface area contributed by atoms with E-state index in [1.54, 1.807) is 0 Å². The minimum atomic E-state index is -0.134. The molecular weight excluding hydrogens is 256 g/mol. The quantitative estimate of drug-likeness (QED) is 0.492. The van der Waals surface area contributed by atoms with Crippen molar-refractivity contribution in [3.8, 4) is 0 Å². The Kier molecular flexibility index (Phi) is 6.60. The second-order valence-electron chi connectivity index (χ2n) is 6.11. The van der Waals surface area contributed by atoms with E-state index in [1.807, 2.05) is 0 Å². The zero-order valence-corrected chi connectivity index (χ0v) is 12.3. The summed E-state index contributed by atoms with van der Waals surface area (Å²) in [6, 6.07) is -0.0275. The zero-order chi connectivity index (χ0) is 14.2. The van der Waals surface area contributed by atoms with Gasteiger partial charge in [0.05, 0.1) is 6.61 Å². The van der Waals surface area contributed by atoms with Gasteiger partial charge in [0.1, 0.15) is 0 Å². The van der Waals surface area contributed by atoms with Gasteiger partial charge in [0, 0.05) is 31.7 Å². The number of hydrogen-bond donors (Lipinski definition) is 3. The topological polar surface area (TPSA) is 70.6 Å². The number of hydrogen-bond acceptors (Lipinski definition) is 3. The van der Waals surface area contributed by atoms with Crippen LogP contribution in [0.1, 0.15) is 44.9 Å². The maximum atomic E-state index is 11.8. The van der Waals surface area contributed by atoms with Crippen LogP contribution in [0.5, 0.6) is 0 Å². The van der Waals surface area contributed by atoms with E-state index in [0.29, 0.717) is 13.2 Å². The molecule has 2 aliphatic rings. The molecule has 0 radical (unpaired) electrons. The number of aliphatic hydroxyl groups excluding tert-OH is 1. The fourth-order valence-electron chi connectivity index (χ4n) is 2.78. The van der Waals surface area contributed by atoms with Crippen LogP contribution in [0.15, 0.2) is 0 Å². The third-order valence-electron chi connectivity index (χ3n) is 4.29. The van der Waals surface area contributed by atoms with E-state index < -0.39 is 0 Å². The van der Waals surface area contributed by atoms with Crippen LogP contribution in [0, 0.1) is 11.8 Å². The smallest absolute Gasteiger partial charge is 0.315 e. The fourth-order valence-corrected chi connectivity index (χ4v) is 2.78. The molecule has 0 heterocycles. The van der Waals surface area contributed by atoms with Crippen molar-refractivity contribution in [3.63, 3.8) is 0 Å². The van der Waals surface area contributed by atoms with Gasteiger partial charge in [0.15, 0.2) is 0 Å². The van der Waals surface area contributed by atoms with Gasteiger partial charge in [0.25, 0.3) is 0 Å². The molecule has 20 heavy (non-hydrogen) atoms. The molecule has 0 aliphatic heterocycles. The summed E-state index contributed by atoms with van der Waals surface area (Å²) in [5.41, 5.74) is 0. The third-order valence-corrected chi connectivity index (χ3v) is 4.29. The Labute approximate surface area is 121 Å². The van der Waals surface area contributed by atoms with Gasteiger partial charge in [-0.25, -0.2) is 4.79 Å². The molecule has 3 N–H and O–H groups in total. The van der Waals surface area contributed by atoms with Crippen molar-refractivity contribution in [1.82, 2.24) is 10.6 Å². The normalized spacial score (nSPS) is 26.9. The lowest BCUT2D eigenvalue weighted by Crippen LogP contribution is -2.46. The van der Waals surface area contributed by atoms with Crippen molar-refractivity contribution in [2.75, 3.05) is 26.4 Å². The first kappa shape index (κ1) is 15.6. The monoisotopic (exact) mass is 284 g/mol. The van der Waals surface area contributed by atoms with Crippen molar-refractivity contribution in [3.05, 3.63) is 0 Å². The average molecular weight is 284 g/mol. The summed E-state index contributed by atoms with van der Waals surface area (Å²) >= 11 is 0. The molecule has 2 unspecified atom stereocenters. The number of nitrogens with one attached hydrogen (secondary N) is 2. The largest absolute Gasteiger partial charge is 0.396 e. The van der Waals surface area contributed by atoms with Gasteiger partial charge in [-0.05, 0) is 31.6 Å². The van der Waals surface area contributed by atoms with Crippen LogP contribution < -0.4 is 10.6 Å². The first-order valence-corrected chi connectivity index (χ1v) is 8.02. The second-order valence-corrected chi connectivity index (χ2v) is 6.11. The van der Waals surface area contributed by atoms with Crippen LogP contribution in [-0.4, -0.2) is 43.5 Å². The van der Waals surface area contributed by atoms with E-state index in [1.165, 1.54) is 19.3 Å². The van der Waals surface area contributed by atoms with Crippen LogP contribution in [0.4, 0.5) is 4.79 Å². The predicted molar refractivity (Wildman–Crippen MR) is 77.5 cm³/mol. The Bertz CT molecular complexity index is 295. The third kappa shape index (κ3) is 5.67. The molecule has 0 aromatic carbocycles. The van der Waals surface area contributed by atoms with Crippen molar-refractivity contribution in [2.45, 2.75) is 51.0 Å². The fraction of sp³-hybridized carbons (Fsp3) is 0.933. The molecule has 116 valence electrons. The Morgan fingerprint density at radius 3 is 2.70 bits per heavy atom.